The lowest BCUT2D eigenvalue weighted by atomic mass is 10.3. The summed E-state index contributed by atoms with van der Waals surface area (Å²) in [7, 11) is -1.85. The van der Waals surface area contributed by atoms with Crippen LogP contribution in [0.25, 0.3) is 10.7 Å². The molecule has 0 amide bonds. The van der Waals surface area contributed by atoms with Crippen molar-refractivity contribution in [2.75, 3.05) is 18.6 Å². The highest BCUT2D eigenvalue weighted by Gasteiger charge is 2.30. The lowest BCUT2D eigenvalue weighted by Crippen LogP contribution is -2.09. The first-order chi connectivity index (χ1) is 13.1. The molecule has 1 aliphatic rings. The smallest absolute Gasteiger partial charge is 0.191 e. The van der Waals surface area contributed by atoms with Gasteiger partial charge in [-0.05, 0) is 42.5 Å². The highest BCUT2D eigenvalue weighted by atomic mass is 32.2. The number of sulfone groups is 1. The number of thioether (sulfide) groups is 1. The van der Waals surface area contributed by atoms with E-state index < -0.39 is 9.84 Å². The Morgan fingerprint density at radius 2 is 2.11 bits per heavy atom. The fraction of sp³-hybridized carbons (Fsp3) is 0.333. The molecule has 0 unspecified atom stereocenters. The summed E-state index contributed by atoms with van der Waals surface area (Å²) in [6.45, 7) is 0. The van der Waals surface area contributed by atoms with E-state index in [0.717, 1.165) is 28.7 Å². The van der Waals surface area contributed by atoms with Crippen LogP contribution in [0, 0.1) is 0 Å². The van der Waals surface area contributed by atoms with Gasteiger partial charge in [0.15, 0.2) is 20.8 Å². The molecule has 3 aromatic rings. The van der Waals surface area contributed by atoms with Crippen molar-refractivity contribution >= 4 is 32.9 Å². The molecule has 0 N–H and O–H groups in total. The molecule has 2 heterocycles. The van der Waals surface area contributed by atoms with Crippen LogP contribution in [-0.4, -0.2) is 41.8 Å². The largest absolute Gasteiger partial charge is 0.497 e. The molecule has 0 atom stereocenters. The summed E-state index contributed by atoms with van der Waals surface area (Å²) in [6.07, 6.45) is 2.23. The second-order valence-electron chi connectivity index (χ2n) is 6.23. The SMILES string of the molecule is COc1cccc(S(=O)(=O)CCSc2nnc(-c3cccs3)n2C2CC2)c1. The monoisotopic (exact) mass is 421 g/mol. The predicted octanol–water partition coefficient (Wildman–Crippen LogP) is 3.92. The van der Waals surface area contributed by atoms with Gasteiger partial charge in [-0.3, -0.25) is 4.57 Å². The Labute approximate surface area is 166 Å². The second kappa shape index (κ2) is 7.65. The minimum absolute atomic E-state index is 0.0384. The quantitative estimate of drug-likeness (QED) is 0.513. The molecule has 4 rings (SSSR count). The highest BCUT2D eigenvalue weighted by Crippen LogP contribution is 2.41. The van der Waals surface area contributed by atoms with Crippen molar-refractivity contribution in [2.24, 2.45) is 0 Å². The number of benzene rings is 1. The minimum Gasteiger partial charge on any atom is -0.497 e. The van der Waals surface area contributed by atoms with E-state index in [0.29, 0.717) is 17.5 Å². The summed E-state index contributed by atoms with van der Waals surface area (Å²) in [4.78, 5) is 1.37. The third-order valence-electron chi connectivity index (χ3n) is 4.30. The molecular formula is C18H19N3O3S3. The molecule has 0 radical (unpaired) electrons. The molecule has 6 nitrogen and oxygen atoms in total. The first-order valence-electron chi connectivity index (χ1n) is 8.57. The van der Waals surface area contributed by atoms with E-state index in [9.17, 15) is 8.42 Å². The Morgan fingerprint density at radius 1 is 1.26 bits per heavy atom. The summed E-state index contributed by atoms with van der Waals surface area (Å²) in [5.41, 5.74) is 0. The molecule has 0 spiro atoms. The normalized spacial score (nSPS) is 14.4. The maximum Gasteiger partial charge on any atom is 0.191 e. The van der Waals surface area contributed by atoms with Crippen molar-refractivity contribution in [3.05, 3.63) is 41.8 Å². The standard InChI is InChI=1S/C18H19N3O3S3/c1-24-14-4-2-5-15(12-14)27(22,23)11-10-26-18-20-19-17(16-6-3-9-25-16)21(18)13-7-8-13/h2-6,9,12-13H,7-8,10-11H2,1H3. The third-order valence-corrected chi connectivity index (χ3v) is 8.08. The van der Waals surface area contributed by atoms with E-state index >= 15 is 0 Å². The first kappa shape index (κ1) is 18.5. The molecule has 0 saturated heterocycles. The number of rotatable bonds is 8. The summed E-state index contributed by atoms with van der Waals surface area (Å²) in [6, 6.07) is 11.0. The van der Waals surface area contributed by atoms with Crippen LogP contribution in [0.1, 0.15) is 18.9 Å². The van der Waals surface area contributed by atoms with Crippen molar-refractivity contribution in [3.8, 4) is 16.5 Å². The van der Waals surface area contributed by atoms with Gasteiger partial charge in [0.1, 0.15) is 5.75 Å². The molecule has 0 bridgehead atoms. The van der Waals surface area contributed by atoms with Gasteiger partial charge in [0, 0.05) is 11.8 Å². The van der Waals surface area contributed by atoms with Crippen molar-refractivity contribution in [1.82, 2.24) is 14.8 Å². The number of ether oxygens (including phenoxy) is 1. The van der Waals surface area contributed by atoms with E-state index in [2.05, 4.69) is 14.8 Å². The summed E-state index contributed by atoms with van der Waals surface area (Å²) >= 11 is 3.09. The maximum atomic E-state index is 12.6. The number of hydrogen-bond acceptors (Lipinski definition) is 7. The van der Waals surface area contributed by atoms with Gasteiger partial charge in [-0.15, -0.1) is 21.5 Å². The molecule has 142 valence electrons. The Kier molecular flexibility index (Phi) is 5.25. The molecule has 1 fully saturated rings. The molecular weight excluding hydrogens is 402 g/mol. The summed E-state index contributed by atoms with van der Waals surface area (Å²) < 4.78 is 32.5. The number of nitrogens with zero attached hydrogens (tertiary/aromatic N) is 3. The molecule has 9 heteroatoms. The Balaban J connectivity index is 1.48. The van der Waals surface area contributed by atoms with Gasteiger partial charge < -0.3 is 4.74 Å². The maximum absolute atomic E-state index is 12.6. The van der Waals surface area contributed by atoms with Crippen LogP contribution < -0.4 is 4.74 Å². The van der Waals surface area contributed by atoms with Crippen LogP contribution in [0.2, 0.25) is 0 Å². The lowest BCUT2D eigenvalue weighted by molar-refractivity contribution is 0.413. The molecule has 27 heavy (non-hydrogen) atoms. The molecule has 0 aliphatic heterocycles. The number of thiophene rings is 1. The highest BCUT2D eigenvalue weighted by molar-refractivity contribution is 8.00. The van der Waals surface area contributed by atoms with Crippen molar-refractivity contribution in [2.45, 2.75) is 28.9 Å². The van der Waals surface area contributed by atoms with Gasteiger partial charge >= 0.3 is 0 Å². The van der Waals surface area contributed by atoms with Gasteiger partial charge in [0.2, 0.25) is 0 Å². The van der Waals surface area contributed by atoms with Crippen LogP contribution in [0.4, 0.5) is 0 Å². The van der Waals surface area contributed by atoms with Crippen LogP contribution in [0.3, 0.4) is 0 Å². The van der Waals surface area contributed by atoms with E-state index in [1.807, 2.05) is 17.5 Å². The number of methoxy groups -OCH3 is 1. The summed E-state index contributed by atoms with van der Waals surface area (Å²) in [5, 5.41) is 11.5. The zero-order valence-corrected chi connectivity index (χ0v) is 17.2. The van der Waals surface area contributed by atoms with Gasteiger partial charge in [-0.25, -0.2) is 8.42 Å². The van der Waals surface area contributed by atoms with Crippen LogP contribution >= 0.6 is 23.1 Å². The predicted molar refractivity (Wildman–Crippen MR) is 107 cm³/mol. The van der Waals surface area contributed by atoms with Crippen LogP contribution in [0.15, 0.2) is 51.8 Å². The number of hydrogen-bond donors (Lipinski definition) is 0. The fourth-order valence-corrected chi connectivity index (χ4v) is 6.16. The molecule has 2 aromatic heterocycles. The topological polar surface area (TPSA) is 74.1 Å². The van der Waals surface area contributed by atoms with Gasteiger partial charge in [0.05, 0.1) is 22.6 Å². The van der Waals surface area contributed by atoms with Crippen LogP contribution in [0.5, 0.6) is 5.75 Å². The first-order valence-corrected chi connectivity index (χ1v) is 12.1. The second-order valence-corrected chi connectivity index (χ2v) is 10.3. The van der Waals surface area contributed by atoms with Gasteiger partial charge in [0.25, 0.3) is 0 Å². The number of aromatic nitrogens is 3. The van der Waals surface area contributed by atoms with Crippen molar-refractivity contribution in [3.63, 3.8) is 0 Å². The molecule has 1 saturated carbocycles. The van der Waals surface area contributed by atoms with Crippen molar-refractivity contribution < 1.29 is 13.2 Å². The Morgan fingerprint density at radius 3 is 2.81 bits per heavy atom. The third kappa shape index (κ3) is 4.04. The molecule has 1 aromatic carbocycles. The Bertz CT molecular complexity index is 1030. The van der Waals surface area contributed by atoms with Gasteiger partial charge in [-0.1, -0.05) is 23.9 Å². The van der Waals surface area contributed by atoms with Gasteiger partial charge in [-0.2, -0.15) is 0 Å². The Hall–Kier alpha value is -1.84. The lowest BCUT2D eigenvalue weighted by Gasteiger charge is -2.08. The average Bonchev–Trinajstić information content (AvgIpc) is 3.19. The van der Waals surface area contributed by atoms with E-state index in [1.54, 1.807) is 35.6 Å². The fourth-order valence-electron chi connectivity index (χ4n) is 2.77. The van der Waals surface area contributed by atoms with Crippen molar-refractivity contribution in [1.29, 1.82) is 0 Å². The molecule has 1 aliphatic carbocycles. The zero-order valence-electron chi connectivity index (χ0n) is 14.7. The van der Waals surface area contributed by atoms with E-state index in [4.69, 9.17) is 4.74 Å². The van der Waals surface area contributed by atoms with Crippen LogP contribution in [-0.2, 0) is 9.84 Å². The minimum atomic E-state index is -3.37. The average molecular weight is 422 g/mol. The van der Waals surface area contributed by atoms with E-state index in [1.165, 1.54) is 18.9 Å². The zero-order chi connectivity index (χ0) is 18.9. The summed E-state index contributed by atoms with van der Waals surface area (Å²) in [5.74, 6) is 1.88. The van der Waals surface area contributed by atoms with E-state index in [-0.39, 0.29) is 10.6 Å².